The fraction of sp³-hybridized carbons (Fsp3) is 0.484. The highest BCUT2D eigenvalue weighted by Crippen LogP contribution is 2.41. The Labute approximate surface area is 243 Å². The Balaban J connectivity index is 1.42. The normalized spacial score (nSPS) is 18.8. The minimum Gasteiger partial charge on any atom is -0.493 e. The maximum Gasteiger partial charge on any atom is 0.421 e. The first-order valence-corrected chi connectivity index (χ1v) is 14.3. The SMILES string of the molecule is CCCc1cc(C(C)(O)C(F)(F)F)cc(CCC)c1OCCCCN1C(=O)NC(C)(c2ccc3nccnc3c2)C1=O. The zero-order valence-corrected chi connectivity index (χ0v) is 24.3. The summed E-state index contributed by atoms with van der Waals surface area (Å²) in [5, 5.41) is 13.1. The van der Waals surface area contributed by atoms with E-state index in [1.807, 2.05) is 13.8 Å². The van der Waals surface area contributed by atoms with E-state index in [2.05, 4.69) is 15.3 Å². The van der Waals surface area contributed by atoms with E-state index in [1.54, 1.807) is 37.5 Å². The summed E-state index contributed by atoms with van der Waals surface area (Å²) in [6.45, 7) is 6.73. The van der Waals surface area contributed by atoms with Gasteiger partial charge in [0.15, 0.2) is 5.60 Å². The van der Waals surface area contributed by atoms with E-state index < -0.39 is 23.3 Å². The van der Waals surface area contributed by atoms with Gasteiger partial charge in [-0.25, -0.2) is 4.79 Å². The number of carbonyl (C=O) groups excluding carboxylic acids is 2. The Bertz CT molecular complexity index is 1430. The van der Waals surface area contributed by atoms with Crippen molar-refractivity contribution in [2.24, 2.45) is 0 Å². The van der Waals surface area contributed by atoms with Crippen LogP contribution in [0.3, 0.4) is 0 Å². The molecule has 1 aliphatic rings. The van der Waals surface area contributed by atoms with Gasteiger partial charge in [-0.3, -0.25) is 19.7 Å². The predicted octanol–water partition coefficient (Wildman–Crippen LogP) is 5.93. The molecule has 11 heteroatoms. The molecule has 0 bridgehead atoms. The molecule has 0 aliphatic carbocycles. The number of urea groups is 1. The molecule has 0 radical (unpaired) electrons. The van der Waals surface area contributed by atoms with Gasteiger partial charge in [0.25, 0.3) is 5.91 Å². The van der Waals surface area contributed by atoms with Crippen molar-refractivity contribution in [1.29, 1.82) is 0 Å². The van der Waals surface area contributed by atoms with Crippen LogP contribution in [-0.4, -0.2) is 51.2 Å². The van der Waals surface area contributed by atoms with Crippen LogP contribution in [0.15, 0.2) is 42.7 Å². The van der Waals surface area contributed by atoms with Crippen LogP contribution in [0.4, 0.5) is 18.0 Å². The Hall–Kier alpha value is -3.73. The maximum atomic E-state index is 13.6. The van der Waals surface area contributed by atoms with Crippen LogP contribution in [0, 0.1) is 0 Å². The number of halogens is 3. The van der Waals surface area contributed by atoms with Crippen LogP contribution in [0.25, 0.3) is 11.0 Å². The Kier molecular flexibility index (Phi) is 9.10. The first kappa shape index (κ1) is 31.2. The third kappa shape index (κ3) is 6.06. The number of hydrogen-bond donors (Lipinski definition) is 2. The summed E-state index contributed by atoms with van der Waals surface area (Å²) in [4.78, 5) is 35.9. The molecule has 2 heterocycles. The van der Waals surface area contributed by atoms with E-state index in [4.69, 9.17) is 4.74 Å². The van der Waals surface area contributed by atoms with Gasteiger partial charge in [0.2, 0.25) is 0 Å². The van der Waals surface area contributed by atoms with E-state index in [0.717, 1.165) is 6.92 Å². The largest absolute Gasteiger partial charge is 0.493 e. The molecule has 4 rings (SSSR count). The van der Waals surface area contributed by atoms with Crippen LogP contribution in [0.5, 0.6) is 5.75 Å². The summed E-state index contributed by atoms with van der Waals surface area (Å²) >= 11 is 0. The molecule has 0 spiro atoms. The van der Waals surface area contributed by atoms with Crippen molar-refractivity contribution in [3.8, 4) is 5.75 Å². The zero-order chi connectivity index (χ0) is 30.7. The number of benzene rings is 2. The first-order valence-electron chi connectivity index (χ1n) is 14.3. The fourth-order valence-corrected chi connectivity index (χ4v) is 5.21. The number of alkyl halides is 3. The van der Waals surface area contributed by atoms with E-state index in [9.17, 15) is 27.9 Å². The number of aryl methyl sites for hydroxylation is 2. The van der Waals surface area contributed by atoms with Crippen LogP contribution < -0.4 is 10.1 Å². The van der Waals surface area contributed by atoms with Gasteiger partial charge in [-0.2, -0.15) is 13.2 Å². The smallest absolute Gasteiger partial charge is 0.421 e. The van der Waals surface area contributed by atoms with Gasteiger partial charge < -0.3 is 15.2 Å². The summed E-state index contributed by atoms with van der Waals surface area (Å²) in [6, 6.07) is 7.56. The van der Waals surface area contributed by atoms with Crippen LogP contribution in [0.1, 0.15) is 75.6 Å². The summed E-state index contributed by atoms with van der Waals surface area (Å²) in [5.41, 5.74) is -1.26. The number of nitrogens with one attached hydrogen (secondary N) is 1. The number of rotatable bonds is 12. The zero-order valence-electron chi connectivity index (χ0n) is 24.3. The molecule has 2 unspecified atom stereocenters. The standard InChI is InChI=1S/C31H37F3N4O4/c1-5-9-20-17-23(30(4,41)31(32,33)34)18-21(10-6-2)26(20)42-16-8-7-15-38-27(39)29(3,37-28(38)40)22-11-12-24-25(19-22)36-14-13-35-24/h11-14,17-19,41H,5-10,15-16H2,1-4H3,(H,37,40). The summed E-state index contributed by atoms with van der Waals surface area (Å²) < 4.78 is 46.9. The van der Waals surface area contributed by atoms with Crippen LogP contribution >= 0.6 is 0 Å². The number of carbonyl (C=O) groups is 2. The minimum atomic E-state index is -4.82. The molecule has 1 aliphatic heterocycles. The molecule has 2 N–H and O–H groups in total. The van der Waals surface area contributed by atoms with Gasteiger partial charge in [-0.05, 0) is 86.1 Å². The number of aliphatic hydroxyl groups is 1. The monoisotopic (exact) mass is 586 g/mol. The van der Waals surface area contributed by atoms with Crippen molar-refractivity contribution in [3.05, 3.63) is 65.0 Å². The Morgan fingerprint density at radius 1 is 0.976 bits per heavy atom. The minimum absolute atomic E-state index is 0.189. The predicted molar refractivity (Wildman–Crippen MR) is 152 cm³/mol. The topological polar surface area (TPSA) is 105 Å². The highest BCUT2D eigenvalue weighted by Gasteiger charge is 2.51. The second-order valence-corrected chi connectivity index (χ2v) is 11.0. The third-order valence-corrected chi connectivity index (χ3v) is 7.74. The van der Waals surface area contributed by atoms with Crippen molar-refractivity contribution in [2.45, 2.75) is 83.5 Å². The van der Waals surface area contributed by atoms with Gasteiger partial charge in [-0.15, -0.1) is 0 Å². The molecular weight excluding hydrogens is 549 g/mol. The van der Waals surface area contributed by atoms with E-state index in [-0.39, 0.29) is 24.6 Å². The first-order chi connectivity index (χ1) is 19.8. The number of amides is 3. The van der Waals surface area contributed by atoms with Gasteiger partial charge in [-0.1, -0.05) is 32.8 Å². The van der Waals surface area contributed by atoms with Gasteiger partial charge in [0.05, 0.1) is 17.6 Å². The van der Waals surface area contributed by atoms with Crippen molar-refractivity contribution in [2.75, 3.05) is 13.2 Å². The summed E-state index contributed by atoms with van der Waals surface area (Å²) in [5.74, 6) is 0.182. The second-order valence-electron chi connectivity index (χ2n) is 11.0. The molecular formula is C31H37F3N4O4. The van der Waals surface area contributed by atoms with Crippen molar-refractivity contribution >= 4 is 23.0 Å². The molecule has 3 amide bonds. The number of imide groups is 1. The average molecular weight is 587 g/mol. The molecule has 1 saturated heterocycles. The Morgan fingerprint density at radius 2 is 1.60 bits per heavy atom. The average Bonchev–Trinajstić information content (AvgIpc) is 3.16. The number of unbranched alkanes of at least 4 members (excludes halogenated alkanes) is 1. The molecule has 8 nitrogen and oxygen atoms in total. The lowest BCUT2D eigenvalue weighted by Crippen LogP contribution is -2.41. The number of ether oxygens (including phenoxy) is 1. The third-order valence-electron chi connectivity index (χ3n) is 7.74. The van der Waals surface area contributed by atoms with Crippen molar-refractivity contribution in [1.82, 2.24) is 20.2 Å². The molecule has 2 atom stereocenters. The molecule has 2 aromatic carbocycles. The van der Waals surface area contributed by atoms with Crippen LogP contribution in [-0.2, 0) is 28.8 Å². The van der Waals surface area contributed by atoms with E-state index in [0.29, 0.717) is 72.0 Å². The number of aromatic nitrogens is 2. The lowest BCUT2D eigenvalue weighted by molar-refractivity contribution is -0.258. The molecule has 0 saturated carbocycles. The second kappa shape index (κ2) is 12.2. The molecule has 1 aromatic heterocycles. The molecule has 3 aromatic rings. The summed E-state index contributed by atoms with van der Waals surface area (Å²) in [7, 11) is 0. The van der Waals surface area contributed by atoms with Crippen molar-refractivity contribution in [3.63, 3.8) is 0 Å². The fourth-order valence-electron chi connectivity index (χ4n) is 5.21. The number of nitrogens with zero attached hydrogens (tertiary/aromatic N) is 3. The lowest BCUT2D eigenvalue weighted by Gasteiger charge is -2.29. The highest BCUT2D eigenvalue weighted by molar-refractivity contribution is 6.07. The van der Waals surface area contributed by atoms with Gasteiger partial charge in [0, 0.05) is 18.9 Å². The number of fused-ring (bicyclic) bond motifs is 1. The van der Waals surface area contributed by atoms with Crippen LogP contribution in [0.2, 0.25) is 0 Å². The van der Waals surface area contributed by atoms with E-state index >= 15 is 0 Å². The Morgan fingerprint density at radius 3 is 2.19 bits per heavy atom. The van der Waals surface area contributed by atoms with Gasteiger partial charge >= 0.3 is 12.2 Å². The lowest BCUT2D eigenvalue weighted by atomic mass is 9.89. The summed E-state index contributed by atoms with van der Waals surface area (Å²) in [6.07, 6.45) is 1.69. The van der Waals surface area contributed by atoms with Gasteiger partial charge in [0.1, 0.15) is 11.3 Å². The molecule has 1 fully saturated rings. The quantitative estimate of drug-likeness (QED) is 0.201. The number of hydrogen-bond acceptors (Lipinski definition) is 6. The van der Waals surface area contributed by atoms with Crippen molar-refractivity contribution < 1.29 is 32.6 Å². The molecule has 226 valence electrons. The maximum absolute atomic E-state index is 13.6. The highest BCUT2D eigenvalue weighted by atomic mass is 19.4. The molecule has 42 heavy (non-hydrogen) atoms. The van der Waals surface area contributed by atoms with E-state index in [1.165, 1.54) is 17.0 Å².